The van der Waals surface area contributed by atoms with Crippen LogP contribution in [0, 0.1) is 16.7 Å². The van der Waals surface area contributed by atoms with E-state index in [1.807, 2.05) is 16.8 Å². The van der Waals surface area contributed by atoms with Gasteiger partial charge in [0, 0.05) is 18.9 Å². The minimum atomic E-state index is -0.0383. The van der Waals surface area contributed by atoms with Crippen LogP contribution >= 0.6 is 0 Å². The van der Waals surface area contributed by atoms with E-state index in [1.54, 1.807) is 12.4 Å². The van der Waals surface area contributed by atoms with Crippen LogP contribution in [0.4, 0.5) is 0 Å². The molecule has 3 rings (SSSR count). The molecule has 0 amide bonds. The third-order valence-corrected chi connectivity index (χ3v) is 4.25. The molecule has 0 spiro atoms. The van der Waals surface area contributed by atoms with Crippen LogP contribution < -0.4 is 0 Å². The van der Waals surface area contributed by atoms with Crippen molar-refractivity contribution < 1.29 is 0 Å². The summed E-state index contributed by atoms with van der Waals surface area (Å²) in [6.07, 6.45) is 9.58. The molecule has 0 bridgehead atoms. The molecule has 1 saturated heterocycles. The Morgan fingerprint density at radius 2 is 2.30 bits per heavy atom. The average Bonchev–Trinajstić information content (AvgIpc) is 2.82. The van der Waals surface area contributed by atoms with Crippen LogP contribution in [0.25, 0.3) is 5.65 Å². The van der Waals surface area contributed by atoms with Crippen molar-refractivity contribution >= 4 is 5.65 Å². The molecule has 0 saturated carbocycles. The molecule has 5 heteroatoms. The lowest BCUT2D eigenvalue weighted by atomic mass is 9.77. The molecule has 1 atom stereocenters. The number of rotatable bonds is 2. The predicted octanol–water partition coefficient (Wildman–Crippen LogP) is 2.24. The zero-order chi connectivity index (χ0) is 14.2. The fourth-order valence-electron chi connectivity index (χ4n) is 3.14. The molecule has 5 nitrogen and oxygen atoms in total. The van der Waals surface area contributed by atoms with Crippen molar-refractivity contribution in [2.45, 2.75) is 39.3 Å². The molecule has 20 heavy (non-hydrogen) atoms. The summed E-state index contributed by atoms with van der Waals surface area (Å²) in [5.41, 5.74) is 2.02. The Labute approximate surface area is 118 Å². The van der Waals surface area contributed by atoms with E-state index in [4.69, 9.17) is 0 Å². The molecule has 1 aliphatic rings. The topological polar surface area (TPSA) is 57.2 Å². The summed E-state index contributed by atoms with van der Waals surface area (Å²) in [4.78, 5) is 10.7. The van der Waals surface area contributed by atoms with Crippen LogP contribution in [0.2, 0.25) is 0 Å². The molecule has 0 unspecified atom stereocenters. The van der Waals surface area contributed by atoms with Crippen LogP contribution in [-0.2, 0) is 6.54 Å². The maximum atomic E-state index is 9.51. The quantitative estimate of drug-likeness (QED) is 0.839. The van der Waals surface area contributed by atoms with Gasteiger partial charge in [0.2, 0.25) is 0 Å². The zero-order valence-corrected chi connectivity index (χ0v) is 12.0. The Morgan fingerprint density at radius 1 is 1.45 bits per heavy atom. The van der Waals surface area contributed by atoms with E-state index in [9.17, 15) is 5.26 Å². The smallest absolute Gasteiger partial charge is 0.155 e. The summed E-state index contributed by atoms with van der Waals surface area (Å²) in [7, 11) is 0. The Kier molecular flexibility index (Phi) is 3.19. The van der Waals surface area contributed by atoms with Gasteiger partial charge in [-0.2, -0.15) is 5.26 Å². The summed E-state index contributed by atoms with van der Waals surface area (Å²) in [6, 6.07) is 2.45. The molecule has 0 radical (unpaired) electrons. The highest BCUT2D eigenvalue weighted by molar-refractivity contribution is 5.36. The molecular formula is C15H19N5. The summed E-state index contributed by atoms with van der Waals surface area (Å²) < 4.78 is 2.04. The molecule has 1 aliphatic heterocycles. The number of aromatic nitrogens is 3. The van der Waals surface area contributed by atoms with E-state index in [1.165, 1.54) is 0 Å². The van der Waals surface area contributed by atoms with Crippen molar-refractivity contribution in [1.29, 1.82) is 5.26 Å². The summed E-state index contributed by atoms with van der Waals surface area (Å²) >= 11 is 0. The standard InChI is InChI=1S/C15H19N5/c1-15(2)4-3-6-19(13(15)8-16)11-12-9-18-14-10-17-5-7-20(12)14/h5,7,9-10,13H,3-4,6,11H2,1-2H3/t13-/m0/s1. The summed E-state index contributed by atoms with van der Waals surface area (Å²) in [5.74, 6) is 0. The highest BCUT2D eigenvalue weighted by Gasteiger charge is 2.37. The minimum Gasteiger partial charge on any atom is -0.300 e. The number of fused-ring (bicyclic) bond motifs is 1. The number of likely N-dealkylation sites (tertiary alicyclic amines) is 1. The summed E-state index contributed by atoms with van der Waals surface area (Å²) in [5, 5.41) is 9.51. The molecule has 0 aromatic carbocycles. The molecular weight excluding hydrogens is 250 g/mol. The first-order valence-electron chi connectivity index (χ1n) is 7.01. The maximum absolute atomic E-state index is 9.51. The van der Waals surface area contributed by atoms with Gasteiger partial charge in [-0.25, -0.2) is 4.98 Å². The van der Waals surface area contributed by atoms with Gasteiger partial charge in [-0.1, -0.05) is 13.8 Å². The van der Waals surface area contributed by atoms with Crippen molar-refractivity contribution in [3.8, 4) is 6.07 Å². The van der Waals surface area contributed by atoms with E-state index >= 15 is 0 Å². The van der Waals surface area contributed by atoms with Crippen LogP contribution in [-0.4, -0.2) is 31.9 Å². The first-order valence-corrected chi connectivity index (χ1v) is 7.01. The molecule has 0 N–H and O–H groups in total. The number of nitrogens with zero attached hydrogens (tertiary/aromatic N) is 5. The van der Waals surface area contributed by atoms with Gasteiger partial charge in [0.1, 0.15) is 6.04 Å². The molecule has 1 fully saturated rings. The Balaban J connectivity index is 1.88. The van der Waals surface area contributed by atoms with Gasteiger partial charge in [-0.05, 0) is 24.8 Å². The van der Waals surface area contributed by atoms with Gasteiger partial charge in [0.25, 0.3) is 0 Å². The number of imidazole rings is 1. The second kappa shape index (κ2) is 4.88. The largest absolute Gasteiger partial charge is 0.300 e. The first kappa shape index (κ1) is 13.1. The number of hydrogen-bond donors (Lipinski definition) is 0. The number of piperidine rings is 1. The van der Waals surface area contributed by atoms with Crippen molar-refractivity contribution in [2.75, 3.05) is 6.54 Å². The first-order chi connectivity index (χ1) is 9.62. The lowest BCUT2D eigenvalue weighted by Gasteiger charge is -2.42. The normalized spacial score (nSPS) is 22.8. The number of nitriles is 1. The van der Waals surface area contributed by atoms with E-state index in [-0.39, 0.29) is 11.5 Å². The Bertz CT molecular complexity index is 652. The third-order valence-electron chi connectivity index (χ3n) is 4.25. The average molecular weight is 269 g/mol. The van der Waals surface area contributed by atoms with Crippen molar-refractivity contribution in [1.82, 2.24) is 19.3 Å². The zero-order valence-electron chi connectivity index (χ0n) is 12.0. The van der Waals surface area contributed by atoms with Gasteiger partial charge in [0.05, 0.1) is 24.2 Å². The highest BCUT2D eigenvalue weighted by atomic mass is 15.2. The fourth-order valence-corrected chi connectivity index (χ4v) is 3.14. The van der Waals surface area contributed by atoms with E-state index in [0.29, 0.717) is 0 Å². The molecule has 0 aliphatic carbocycles. The van der Waals surface area contributed by atoms with Gasteiger partial charge < -0.3 is 0 Å². The monoisotopic (exact) mass is 269 g/mol. The van der Waals surface area contributed by atoms with Gasteiger partial charge in [-0.3, -0.25) is 14.3 Å². The van der Waals surface area contributed by atoms with Crippen molar-refractivity contribution in [3.63, 3.8) is 0 Å². The van der Waals surface area contributed by atoms with Crippen molar-refractivity contribution in [2.24, 2.45) is 5.41 Å². The lowest BCUT2D eigenvalue weighted by Crippen LogP contribution is -2.48. The SMILES string of the molecule is CC1(C)CCCN(Cc2cnc3cnccn23)[C@H]1C#N. The lowest BCUT2D eigenvalue weighted by molar-refractivity contribution is 0.0650. The molecule has 3 heterocycles. The predicted molar refractivity (Wildman–Crippen MR) is 75.8 cm³/mol. The van der Waals surface area contributed by atoms with Crippen molar-refractivity contribution in [3.05, 3.63) is 30.5 Å². The van der Waals surface area contributed by atoms with E-state index in [0.717, 1.165) is 37.3 Å². The Hall–Kier alpha value is -1.93. The van der Waals surface area contributed by atoms with Crippen LogP contribution in [0.3, 0.4) is 0 Å². The van der Waals surface area contributed by atoms with Crippen LogP contribution in [0.15, 0.2) is 24.8 Å². The summed E-state index contributed by atoms with van der Waals surface area (Å²) in [6.45, 7) is 6.10. The fraction of sp³-hybridized carbons (Fsp3) is 0.533. The van der Waals surface area contributed by atoms with Crippen LogP contribution in [0.1, 0.15) is 32.4 Å². The number of hydrogen-bond acceptors (Lipinski definition) is 4. The minimum absolute atomic E-state index is 0.0383. The van der Waals surface area contributed by atoms with Gasteiger partial charge in [-0.15, -0.1) is 0 Å². The maximum Gasteiger partial charge on any atom is 0.155 e. The molecule has 2 aromatic heterocycles. The van der Waals surface area contributed by atoms with Gasteiger partial charge in [0.15, 0.2) is 5.65 Å². The van der Waals surface area contributed by atoms with E-state index < -0.39 is 0 Å². The Morgan fingerprint density at radius 3 is 3.10 bits per heavy atom. The molecule has 104 valence electrons. The second-order valence-corrected chi connectivity index (χ2v) is 6.15. The van der Waals surface area contributed by atoms with Gasteiger partial charge >= 0.3 is 0 Å². The molecule has 2 aromatic rings. The van der Waals surface area contributed by atoms with Crippen LogP contribution in [0.5, 0.6) is 0 Å². The third kappa shape index (κ3) is 2.16. The second-order valence-electron chi connectivity index (χ2n) is 6.15. The van der Waals surface area contributed by atoms with E-state index in [2.05, 4.69) is 34.8 Å². The highest BCUT2D eigenvalue weighted by Crippen LogP contribution is 2.35.